The van der Waals surface area contributed by atoms with Crippen molar-refractivity contribution in [3.05, 3.63) is 12.2 Å². The summed E-state index contributed by atoms with van der Waals surface area (Å²) in [5.74, 6) is -0.463. The first-order valence-corrected chi connectivity index (χ1v) is 8.36. The molecule has 2 amide bonds. The van der Waals surface area contributed by atoms with E-state index in [0.29, 0.717) is 12.8 Å². The van der Waals surface area contributed by atoms with Crippen LogP contribution in [0.2, 0.25) is 0 Å². The van der Waals surface area contributed by atoms with Crippen molar-refractivity contribution < 1.29 is 24.5 Å². The number of rotatable bonds is 7. The summed E-state index contributed by atoms with van der Waals surface area (Å²) >= 11 is 0. The molecule has 138 valence electrons. The third kappa shape index (κ3) is 4.27. The van der Waals surface area contributed by atoms with Crippen molar-refractivity contribution in [1.82, 2.24) is 10.2 Å². The van der Waals surface area contributed by atoms with Crippen LogP contribution in [0, 0.1) is 5.92 Å². The number of hydrogen-bond donors (Lipinski definition) is 3. The third-order valence-corrected chi connectivity index (χ3v) is 4.80. The molecule has 0 spiro atoms. The Morgan fingerprint density at radius 1 is 1.50 bits per heavy atom. The highest BCUT2D eigenvalue weighted by molar-refractivity contribution is 5.74. The van der Waals surface area contributed by atoms with Crippen molar-refractivity contribution in [3.8, 4) is 0 Å². The second kappa shape index (κ2) is 8.48. The lowest BCUT2D eigenvalue weighted by Crippen LogP contribution is -2.63. The first-order chi connectivity index (χ1) is 11.2. The molecule has 0 aromatic carbocycles. The molecule has 24 heavy (non-hydrogen) atoms. The molecular weight excluding hydrogens is 312 g/mol. The van der Waals surface area contributed by atoms with Crippen molar-refractivity contribution in [2.45, 2.75) is 70.9 Å². The van der Waals surface area contributed by atoms with E-state index >= 15 is 0 Å². The molecule has 0 aromatic heterocycles. The van der Waals surface area contributed by atoms with Gasteiger partial charge in [0.1, 0.15) is 6.23 Å². The van der Waals surface area contributed by atoms with Gasteiger partial charge in [-0.15, -0.1) is 0 Å². The Morgan fingerprint density at radius 3 is 2.54 bits per heavy atom. The average Bonchev–Trinajstić information content (AvgIpc) is 2.81. The largest absolute Gasteiger partial charge is 0.465 e. The lowest BCUT2D eigenvalue weighted by atomic mass is 9.81. The van der Waals surface area contributed by atoms with Gasteiger partial charge in [-0.2, -0.15) is 0 Å². The first kappa shape index (κ1) is 20.4. The molecule has 0 aromatic rings. The smallest absolute Gasteiger partial charge is 0.409 e. The zero-order valence-electron chi connectivity index (χ0n) is 15.2. The van der Waals surface area contributed by atoms with Crippen LogP contribution in [0.1, 0.15) is 47.0 Å². The Balaban J connectivity index is 3.38. The van der Waals surface area contributed by atoms with Crippen LogP contribution in [-0.4, -0.2) is 58.1 Å². The minimum Gasteiger partial charge on any atom is -0.465 e. The van der Waals surface area contributed by atoms with E-state index in [-0.39, 0.29) is 11.8 Å². The lowest BCUT2D eigenvalue weighted by Gasteiger charge is -2.44. The van der Waals surface area contributed by atoms with Gasteiger partial charge in [-0.25, -0.2) is 4.79 Å². The fraction of sp³-hybridized carbons (Fsp3) is 0.765. The molecule has 0 saturated carbocycles. The number of carbonyl (C=O) groups excluding carboxylic acids is 1. The lowest BCUT2D eigenvalue weighted by molar-refractivity contribution is -0.125. The molecule has 3 N–H and O–H groups in total. The van der Waals surface area contributed by atoms with E-state index < -0.39 is 30.0 Å². The Bertz CT molecular complexity index is 482. The van der Waals surface area contributed by atoms with E-state index in [9.17, 15) is 19.8 Å². The van der Waals surface area contributed by atoms with Crippen LogP contribution in [-0.2, 0) is 9.53 Å². The molecule has 1 heterocycles. The van der Waals surface area contributed by atoms with Gasteiger partial charge in [-0.1, -0.05) is 25.5 Å². The number of aliphatic hydroxyl groups is 1. The molecule has 1 fully saturated rings. The molecule has 1 saturated heterocycles. The van der Waals surface area contributed by atoms with Gasteiger partial charge in [-0.3, -0.25) is 9.69 Å². The van der Waals surface area contributed by atoms with E-state index in [1.807, 2.05) is 32.9 Å². The SMILES string of the molecule is CC=C[C@@H]1CC(O)N(C(=O)O)[C@H]1[C@@H](NC(C)=O)[C@](C)(CCC)OC. The topological polar surface area (TPSA) is 99.1 Å². The summed E-state index contributed by atoms with van der Waals surface area (Å²) in [7, 11) is 1.56. The number of ether oxygens (including phenoxy) is 1. The molecule has 1 unspecified atom stereocenters. The Kier molecular flexibility index (Phi) is 7.23. The van der Waals surface area contributed by atoms with Gasteiger partial charge < -0.3 is 20.3 Å². The predicted molar refractivity (Wildman–Crippen MR) is 90.5 cm³/mol. The minimum absolute atomic E-state index is 0.204. The molecule has 5 atom stereocenters. The van der Waals surface area contributed by atoms with E-state index in [1.54, 1.807) is 7.11 Å². The van der Waals surface area contributed by atoms with Crippen LogP contribution in [0.15, 0.2) is 12.2 Å². The molecule has 0 radical (unpaired) electrons. The first-order valence-electron chi connectivity index (χ1n) is 8.36. The predicted octanol–water partition coefficient (Wildman–Crippen LogP) is 1.96. The average molecular weight is 342 g/mol. The summed E-state index contributed by atoms with van der Waals surface area (Å²) < 4.78 is 5.70. The van der Waals surface area contributed by atoms with Crippen LogP contribution in [0.25, 0.3) is 0 Å². The molecule has 7 nitrogen and oxygen atoms in total. The number of amides is 2. The number of aliphatic hydroxyl groups excluding tert-OH is 1. The fourth-order valence-corrected chi connectivity index (χ4v) is 3.70. The van der Waals surface area contributed by atoms with E-state index in [1.165, 1.54) is 6.92 Å². The number of methoxy groups -OCH3 is 1. The Hall–Kier alpha value is -1.60. The summed E-state index contributed by atoms with van der Waals surface area (Å²) in [4.78, 5) is 24.6. The summed E-state index contributed by atoms with van der Waals surface area (Å²) in [6, 6.07) is -1.18. The van der Waals surface area contributed by atoms with Crippen molar-refractivity contribution in [2.75, 3.05) is 7.11 Å². The molecule has 1 rings (SSSR count). The number of allylic oxidation sites excluding steroid dienone is 1. The molecule has 0 bridgehead atoms. The maximum atomic E-state index is 11.8. The van der Waals surface area contributed by atoms with Gasteiger partial charge in [-0.05, 0) is 20.3 Å². The fourth-order valence-electron chi connectivity index (χ4n) is 3.70. The van der Waals surface area contributed by atoms with Gasteiger partial charge >= 0.3 is 6.09 Å². The van der Waals surface area contributed by atoms with Crippen molar-refractivity contribution in [1.29, 1.82) is 0 Å². The number of hydrogen-bond acceptors (Lipinski definition) is 4. The van der Waals surface area contributed by atoms with Crippen molar-refractivity contribution in [3.63, 3.8) is 0 Å². The zero-order chi connectivity index (χ0) is 18.5. The molecule has 7 heteroatoms. The summed E-state index contributed by atoms with van der Waals surface area (Å²) in [6.07, 6.45) is 3.17. The second-order valence-corrected chi connectivity index (χ2v) is 6.53. The van der Waals surface area contributed by atoms with Crippen LogP contribution < -0.4 is 5.32 Å². The number of carboxylic acid groups (broad SMARTS) is 1. The van der Waals surface area contributed by atoms with Gasteiger partial charge in [0.25, 0.3) is 0 Å². The maximum Gasteiger partial charge on any atom is 0.409 e. The summed E-state index contributed by atoms with van der Waals surface area (Å²) in [5, 5.41) is 22.7. The van der Waals surface area contributed by atoms with E-state index in [2.05, 4.69) is 5.32 Å². The highest BCUT2D eigenvalue weighted by Crippen LogP contribution is 2.37. The van der Waals surface area contributed by atoms with Crippen molar-refractivity contribution >= 4 is 12.0 Å². The molecular formula is C17H30N2O5. The third-order valence-electron chi connectivity index (χ3n) is 4.80. The highest BCUT2D eigenvalue weighted by Gasteiger charge is 2.52. The normalized spacial score (nSPS) is 27.9. The summed E-state index contributed by atoms with van der Waals surface area (Å²) in [5.41, 5.74) is -0.747. The highest BCUT2D eigenvalue weighted by atomic mass is 16.5. The Morgan fingerprint density at radius 2 is 2.12 bits per heavy atom. The summed E-state index contributed by atoms with van der Waals surface area (Å²) in [6.45, 7) is 7.12. The molecule has 1 aliphatic rings. The number of carbonyl (C=O) groups is 2. The number of likely N-dealkylation sites (tertiary alicyclic amines) is 1. The van der Waals surface area contributed by atoms with Crippen molar-refractivity contribution in [2.24, 2.45) is 5.92 Å². The van der Waals surface area contributed by atoms with Crippen LogP contribution in [0.4, 0.5) is 4.79 Å². The standard InChI is InChI=1S/C17H30N2O5/c1-6-8-12-10-13(21)19(16(22)23)14(12)15(18-11(3)20)17(4,24-5)9-7-2/h6,8,12-15,21H,7,9-10H2,1-5H3,(H,18,20)(H,22,23)/t12-,13?,14-,15-,17+/m1/s1. The number of nitrogens with one attached hydrogen (secondary N) is 1. The second-order valence-electron chi connectivity index (χ2n) is 6.53. The quantitative estimate of drug-likeness (QED) is 0.614. The minimum atomic E-state index is -1.20. The van der Waals surface area contributed by atoms with E-state index in [0.717, 1.165) is 11.3 Å². The molecule has 0 aliphatic carbocycles. The maximum absolute atomic E-state index is 11.8. The van der Waals surface area contributed by atoms with Gasteiger partial charge in [0.15, 0.2) is 0 Å². The number of nitrogens with zero attached hydrogens (tertiary/aromatic N) is 1. The Labute approximate surface area is 143 Å². The zero-order valence-corrected chi connectivity index (χ0v) is 15.2. The monoisotopic (exact) mass is 342 g/mol. The van der Waals surface area contributed by atoms with Crippen LogP contribution >= 0.6 is 0 Å². The van der Waals surface area contributed by atoms with Gasteiger partial charge in [0, 0.05) is 26.4 Å². The van der Waals surface area contributed by atoms with Crippen LogP contribution in [0.5, 0.6) is 0 Å². The van der Waals surface area contributed by atoms with Gasteiger partial charge in [0.05, 0.1) is 17.7 Å². The van der Waals surface area contributed by atoms with E-state index in [4.69, 9.17) is 4.74 Å². The van der Waals surface area contributed by atoms with Crippen LogP contribution in [0.3, 0.4) is 0 Å². The molecule has 1 aliphatic heterocycles. The van der Waals surface area contributed by atoms with Gasteiger partial charge in [0.2, 0.25) is 5.91 Å².